The van der Waals surface area contributed by atoms with Crippen LogP contribution in [-0.2, 0) is 6.61 Å². The summed E-state index contributed by atoms with van der Waals surface area (Å²) in [4.78, 5) is 0. The molecule has 0 aliphatic carbocycles. The Morgan fingerprint density at radius 3 is 2.40 bits per heavy atom. The van der Waals surface area contributed by atoms with Crippen LogP contribution in [0.5, 0.6) is 5.75 Å². The molecule has 3 aromatic rings. The second kappa shape index (κ2) is 7.67. The predicted octanol–water partition coefficient (Wildman–Crippen LogP) is 5.51. The molecule has 0 spiro atoms. The minimum atomic E-state index is -0.255. The lowest BCUT2D eigenvalue weighted by atomic mass is 9.98. The van der Waals surface area contributed by atoms with Crippen molar-refractivity contribution in [1.82, 2.24) is 0 Å². The lowest BCUT2D eigenvalue weighted by Gasteiger charge is -2.14. The van der Waals surface area contributed by atoms with Crippen molar-refractivity contribution >= 4 is 11.3 Å². The Kier molecular flexibility index (Phi) is 5.14. The van der Waals surface area contributed by atoms with Crippen LogP contribution in [0, 0.1) is 5.82 Å². The summed E-state index contributed by atoms with van der Waals surface area (Å²) in [6, 6.07) is 22.2. The molecule has 0 bridgehead atoms. The van der Waals surface area contributed by atoms with E-state index in [2.05, 4.69) is 11.9 Å². The maximum Gasteiger partial charge on any atom is 0.123 e. The molecule has 0 aliphatic rings. The van der Waals surface area contributed by atoms with Crippen molar-refractivity contribution in [2.45, 2.75) is 6.61 Å². The molecule has 126 valence electrons. The van der Waals surface area contributed by atoms with Crippen LogP contribution >= 0.6 is 0 Å². The number of ether oxygens (including phenoxy) is 1. The Balaban J connectivity index is 1.79. The van der Waals surface area contributed by atoms with Gasteiger partial charge in [-0.1, -0.05) is 49.0 Å². The van der Waals surface area contributed by atoms with Crippen molar-refractivity contribution in [1.29, 1.82) is 0 Å². The van der Waals surface area contributed by atoms with Crippen molar-refractivity contribution in [3.63, 3.8) is 0 Å². The molecule has 2 nitrogen and oxygen atoms in total. The molecule has 0 heterocycles. The second-order valence-electron chi connectivity index (χ2n) is 5.72. The van der Waals surface area contributed by atoms with E-state index in [1.54, 1.807) is 12.1 Å². The van der Waals surface area contributed by atoms with Crippen LogP contribution in [0.25, 0.3) is 5.57 Å². The monoisotopic (exact) mass is 333 g/mol. The summed E-state index contributed by atoms with van der Waals surface area (Å²) in [6.07, 6.45) is 0. The first-order valence-corrected chi connectivity index (χ1v) is 8.11. The smallest absolute Gasteiger partial charge is 0.123 e. The van der Waals surface area contributed by atoms with Gasteiger partial charge < -0.3 is 10.1 Å². The van der Waals surface area contributed by atoms with Gasteiger partial charge in [0.05, 0.1) is 0 Å². The Morgan fingerprint density at radius 1 is 1.00 bits per heavy atom. The third-order valence-corrected chi connectivity index (χ3v) is 4.03. The molecule has 0 atom stereocenters. The molecule has 0 amide bonds. The lowest BCUT2D eigenvalue weighted by molar-refractivity contribution is 0.306. The maximum atomic E-state index is 13.1. The lowest BCUT2D eigenvalue weighted by Crippen LogP contribution is -1.99. The number of halogens is 1. The molecule has 0 aromatic heterocycles. The highest BCUT2D eigenvalue weighted by Crippen LogP contribution is 2.31. The molecule has 0 saturated heterocycles. The topological polar surface area (TPSA) is 21.3 Å². The number of nitrogens with one attached hydrogen (secondary N) is 1. The molecule has 3 heteroatoms. The Morgan fingerprint density at radius 2 is 1.72 bits per heavy atom. The van der Waals surface area contributed by atoms with Gasteiger partial charge in [-0.3, -0.25) is 0 Å². The SMILES string of the molecule is C=C(c1ccc(F)cc1)c1ccc(OCc2ccccc2)cc1NC. The highest BCUT2D eigenvalue weighted by atomic mass is 19.1. The number of hydrogen-bond donors (Lipinski definition) is 1. The maximum absolute atomic E-state index is 13.1. The van der Waals surface area contributed by atoms with Gasteiger partial charge in [0, 0.05) is 24.4 Å². The quantitative estimate of drug-likeness (QED) is 0.642. The van der Waals surface area contributed by atoms with Gasteiger partial charge in [-0.2, -0.15) is 0 Å². The average Bonchev–Trinajstić information content (AvgIpc) is 2.67. The van der Waals surface area contributed by atoms with E-state index in [9.17, 15) is 4.39 Å². The van der Waals surface area contributed by atoms with Crippen molar-refractivity contribution in [2.24, 2.45) is 0 Å². The Hall–Kier alpha value is -3.07. The molecule has 3 aromatic carbocycles. The molecule has 0 aliphatic heterocycles. The fraction of sp³-hybridized carbons (Fsp3) is 0.0909. The van der Waals surface area contributed by atoms with E-state index < -0.39 is 0 Å². The van der Waals surface area contributed by atoms with Crippen molar-refractivity contribution < 1.29 is 9.13 Å². The number of hydrogen-bond acceptors (Lipinski definition) is 2. The van der Waals surface area contributed by atoms with Gasteiger partial charge in [-0.05, 0) is 41.0 Å². The van der Waals surface area contributed by atoms with Crippen molar-refractivity contribution in [3.8, 4) is 5.75 Å². The number of anilines is 1. The largest absolute Gasteiger partial charge is 0.489 e. The molecule has 3 rings (SSSR count). The van der Waals surface area contributed by atoms with Gasteiger partial charge in [-0.25, -0.2) is 4.39 Å². The fourth-order valence-corrected chi connectivity index (χ4v) is 2.63. The third kappa shape index (κ3) is 4.07. The second-order valence-corrected chi connectivity index (χ2v) is 5.72. The molecule has 0 fully saturated rings. The van der Waals surface area contributed by atoms with E-state index in [-0.39, 0.29) is 5.82 Å². The minimum Gasteiger partial charge on any atom is -0.489 e. The van der Waals surface area contributed by atoms with Crippen LogP contribution < -0.4 is 10.1 Å². The summed E-state index contributed by atoms with van der Waals surface area (Å²) in [5.41, 5.74) is 4.71. The van der Waals surface area contributed by atoms with Gasteiger partial charge in [0.15, 0.2) is 0 Å². The van der Waals surface area contributed by atoms with Gasteiger partial charge in [0.2, 0.25) is 0 Å². The van der Waals surface area contributed by atoms with Crippen LogP contribution in [0.15, 0.2) is 79.4 Å². The van der Waals surface area contributed by atoms with E-state index >= 15 is 0 Å². The normalized spacial score (nSPS) is 10.3. The standard InChI is InChI=1S/C22H20FNO/c1-16(18-8-10-19(23)11-9-18)21-13-12-20(14-22(21)24-2)25-15-17-6-4-3-5-7-17/h3-14,24H,1,15H2,2H3. The average molecular weight is 333 g/mol. The van der Waals surface area contributed by atoms with Crippen LogP contribution in [-0.4, -0.2) is 7.05 Å². The fourth-order valence-electron chi connectivity index (χ4n) is 2.63. The Labute approximate surface area is 147 Å². The van der Waals surface area contributed by atoms with Gasteiger partial charge in [-0.15, -0.1) is 0 Å². The molecule has 25 heavy (non-hydrogen) atoms. The van der Waals surface area contributed by atoms with E-state index in [0.717, 1.165) is 33.7 Å². The first-order valence-electron chi connectivity index (χ1n) is 8.11. The molecule has 0 unspecified atom stereocenters. The van der Waals surface area contributed by atoms with Crippen LogP contribution in [0.2, 0.25) is 0 Å². The highest BCUT2D eigenvalue weighted by Gasteiger charge is 2.09. The zero-order valence-corrected chi connectivity index (χ0v) is 14.1. The first-order chi connectivity index (χ1) is 12.2. The third-order valence-electron chi connectivity index (χ3n) is 4.03. The summed E-state index contributed by atoms with van der Waals surface area (Å²) in [6.45, 7) is 4.67. The van der Waals surface area contributed by atoms with Crippen molar-refractivity contribution in [2.75, 3.05) is 12.4 Å². The van der Waals surface area contributed by atoms with Crippen molar-refractivity contribution in [3.05, 3.63) is 102 Å². The van der Waals surface area contributed by atoms with Crippen LogP contribution in [0.1, 0.15) is 16.7 Å². The van der Waals surface area contributed by atoms with E-state index in [4.69, 9.17) is 4.74 Å². The summed E-state index contributed by atoms with van der Waals surface area (Å²) >= 11 is 0. The number of rotatable bonds is 6. The number of benzene rings is 3. The van der Waals surface area contributed by atoms with Crippen LogP contribution in [0.4, 0.5) is 10.1 Å². The summed E-state index contributed by atoms with van der Waals surface area (Å²) in [5.74, 6) is 0.527. The summed E-state index contributed by atoms with van der Waals surface area (Å²) in [5, 5.41) is 3.18. The first kappa shape index (κ1) is 16.8. The summed E-state index contributed by atoms with van der Waals surface area (Å²) < 4.78 is 19.0. The van der Waals surface area contributed by atoms with E-state index in [1.165, 1.54) is 12.1 Å². The zero-order chi connectivity index (χ0) is 17.6. The molecule has 1 N–H and O–H groups in total. The summed E-state index contributed by atoms with van der Waals surface area (Å²) in [7, 11) is 1.86. The minimum absolute atomic E-state index is 0.255. The molecular formula is C22H20FNO. The Bertz CT molecular complexity index is 857. The predicted molar refractivity (Wildman–Crippen MR) is 101 cm³/mol. The molecule has 0 saturated carbocycles. The zero-order valence-electron chi connectivity index (χ0n) is 14.1. The highest BCUT2D eigenvalue weighted by molar-refractivity contribution is 5.85. The van der Waals surface area contributed by atoms with E-state index in [0.29, 0.717) is 6.61 Å². The van der Waals surface area contributed by atoms with E-state index in [1.807, 2.05) is 55.6 Å². The molecular weight excluding hydrogens is 313 g/mol. The molecule has 0 radical (unpaired) electrons. The van der Waals surface area contributed by atoms with Gasteiger partial charge in [0.25, 0.3) is 0 Å². The van der Waals surface area contributed by atoms with Gasteiger partial charge in [0.1, 0.15) is 18.2 Å². The van der Waals surface area contributed by atoms with Crippen LogP contribution in [0.3, 0.4) is 0 Å². The van der Waals surface area contributed by atoms with Gasteiger partial charge >= 0.3 is 0 Å².